The second-order valence-corrected chi connectivity index (χ2v) is 4.34. The highest BCUT2D eigenvalue weighted by Crippen LogP contribution is 2.34. The Kier molecular flexibility index (Phi) is 3.06. The van der Waals surface area contributed by atoms with Crippen LogP contribution in [0.1, 0.15) is 12.0 Å². The Balaban J connectivity index is 2.49. The first kappa shape index (κ1) is 12.5. The van der Waals surface area contributed by atoms with Crippen LogP contribution < -0.4 is 5.63 Å². The maximum atomic E-state index is 13.2. The van der Waals surface area contributed by atoms with Crippen LogP contribution in [0, 0.1) is 0 Å². The van der Waals surface area contributed by atoms with Gasteiger partial charge in [-0.15, -0.1) is 0 Å². The van der Waals surface area contributed by atoms with E-state index in [4.69, 9.17) is 4.42 Å². The van der Waals surface area contributed by atoms with Crippen LogP contribution in [0.5, 0.6) is 0 Å². The minimum atomic E-state index is -2.88. The molecule has 1 aromatic heterocycles. The van der Waals surface area contributed by atoms with Gasteiger partial charge in [0.1, 0.15) is 11.1 Å². The summed E-state index contributed by atoms with van der Waals surface area (Å²) in [6.07, 6.45) is -2.88. The largest absolute Gasteiger partial charge is 0.422 e. The van der Waals surface area contributed by atoms with E-state index >= 15 is 0 Å². The summed E-state index contributed by atoms with van der Waals surface area (Å²) in [7, 11) is 0. The Hall–Kier alpha value is -2.49. The molecule has 4 heteroatoms. The second kappa shape index (κ2) is 4.89. The number of para-hydroxylation sites is 1. The SMILES string of the molecule is O=c1oc2ccccc2c(-c2ccccc2)c1C(F)F. The van der Waals surface area contributed by atoms with Crippen molar-refractivity contribution in [3.05, 3.63) is 70.6 Å². The minimum absolute atomic E-state index is 0.243. The predicted octanol–water partition coefficient (Wildman–Crippen LogP) is 4.40. The number of hydrogen-bond donors (Lipinski definition) is 0. The van der Waals surface area contributed by atoms with Crippen molar-refractivity contribution in [2.45, 2.75) is 6.43 Å². The summed E-state index contributed by atoms with van der Waals surface area (Å²) in [4.78, 5) is 11.8. The molecule has 0 amide bonds. The van der Waals surface area contributed by atoms with Crippen molar-refractivity contribution in [2.75, 3.05) is 0 Å². The van der Waals surface area contributed by atoms with Crippen LogP contribution in [-0.4, -0.2) is 0 Å². The number of halogens is 2. The third-order valence-electron chi connectivity index (χ3n) is 3.13. The summed E-state index contributed by atoms with van der Waals surface area (Å²) < 4.78 is 31.5. The highest BCUT2D eigenvalue weighted by atomic mass is 19.3. The smallest absolute Gasteiger partial charge is 0.345 e. The standard InChI is InChI=1S/C16H10F2O2/c17-15(18)14-13(10-6-2-1-3-7-10)11-8-4-5-9-12(11)20-16(14)19/h1-9,15H. The molecule has 0 fully saturated rings. The summed E-state index contributed by atoms with van der Waals surface area (Å²) in [6.45, 7) is 0. The second-order valence-electron chi connectivity index (χ2n) is 4.34. The van der Waals surface area contributed by atoms with Gasteiger partial charge in [-0.3, -0.25) is 0 Å². The number of rotatable bonds is 2. The molecule has 0 atom stereocenters. The third kappa shape index (κ3) is 1.99. The van der Waals surface area contributed by atoms with Crippen LogP contribution in [0.25, 0.3) is 22.1 Å². The van der Waals surface area contributed by atoms with Crippen molar-refractivity contribution in [3.63, 3.8) is 0 Å². The van der Waals surface area contributed by atoms with E-state index in [2.05, 4.69) is 0 Å². The van der Waals surface area contributed by atoms with E-state index in [-0.39, 0.29) is 5.56 Å². The monoisotopic (exact) mass is 272 g/mol. The summed E-state index contributed by atoms with van der Waals surface area (Å²) in [5, 5.41) is 0.508. The molecule has 0 spiro atoms. The molecule has 0 N–H and O–H groups in total. The van der Waals surface area contributed by atoms with Gasteiger partial charge in [0.2, 0.25) is 0 Å². The number of fused-ring (bicyclic) bond motifs is 1. The highest BCUT2D eigenvalue weighted by molar-refractivity contribution is 5.94. The molecule has 0 aliphatic carbocycles. The van der Waals surface area contributed by atoms with Crippen molar-refractivity contribution in [1.29, 1.82) is 0 Å². The molecular weight excluding hydrogens is 262 g/mol. The molecule has 1 heterocycles. The van der Waals surface area contributed by atoms with Crippen molar-refractivity contribution in [2.24, 2.45) is 0 Å². The summed E-state index contributed by atoms with van der Waals surface area (Å²) in [5.74, 6) is 0. The summed E-state index contributed by atoms with van der Waals surface area (Å²) in [6, 6.07) is 15.4. The molecule has 20 heavy (non-hydrogen) atoms. The topological polar surface area (TPSA) is 30.2 Å². The van der Waals surface area contributed by atoms with Crippen LogP contribution in [0.2, 0.25) is 0 Å². The number of alkyl halides is 2. The van der Waals surface area contributed by atoms with Gasteiger partial charge in [0, 0.05) is 10.9 Å². The van der Waals surface area contributed by atoms with Gasteiger partial charge in [-0.05, 0) is 11.6 Å². The molecular formula is C16H10F2O2. The van der Waals surface area contributed by atoms with Crippen LogP contribution in [0.15, 0.2) is 63.8 Å². The first-order valence-corrected chi connectivity index (χ1v) is 6.08. The van der Waals surface area contributed by atoms with Crippen LogP contribution in [0.3, 0.4) is 0 Å². The molecule has 0 aliphatic heterocycles. The molecule has 3 rings (SSSR count). The Bertz CT molecular complexity index is 808. The first-order chi connectivity index (χ1) is 9.68. The van der Waals surface area contributed by atoms with Crippen LogP contribution in [-0.2, 0) is 0 Å². The van der Waals surface area contributed by atoms with Gasteiger partial charge in [0.25, 0.3) is 6.43 Å². The van der Waals surface area contributed by atoms with Crippen molar-refractivity contribution in [1.82, 2.24) is 0 Å². The van der Waals surface area contributed by atoms with E-state index in [1.54, 1.807) is 54.6 Å². The molecule has 100 valence electrons. The Morgan fingerprint density at radius 2 is 1.55 bits per heavy atom. The Labute approximate surface area is 113 Å². The van der Waals surface area contributed by atoms with E-state index in [1.807, 2.05) is 0 Å². The summed E-state index contributed by atoms with van der Waals surface area (Å²) >= 11 is 0. The van der Waals surface area contributed by atoms with Gasteiger partial charge in [0.15, 0.2) is 0 Å². The summed E-state index contributed by atoms with van der Waals surface area (Å²) in [5.41, 5.74) is -0.451. The lowest BCUT2D eigenvalue weighted by atomic mass is 9.97. The lowest BCUT2D eigenvalue weighted by Gasteiger charge is -2.11. The molecule has 3 aromatic rings. The normalized spacial score (nSPS) is 11.2. The maximum Gasteiger partial charge on any atom is 0.345 e. The van der Waals surface area contributed by atoms with Crippen molar-refractivity contribution < 1.29 is 13.2 Å². The fourth-order valence-electron chi connectivity index (χ4n) is 2.28. The average molecular weight is 272 g/mol. The van der Waals surface area contributed by atoms with E-state index in [0.717, 1.165) is 0 Å². The van der Waals surface area contributed by atoms with E-state index in [9.17, 15) is 13.6 Å². The van der Waals surface area contributed by atoms with E-state index in [1.165, 1.54) is 0 Å². The van der Waals surface area contributed by atoms with Gasteiger partial charge in [-0.2, -0.15) is 0 Å². The molecule has 0 bridgehead atoms. The van der Waals surface area contributed by atoms with Gasteiger partial charge < -0.3 is 4.42 Å². The van der Waals surface area contributed by atoms with E-state index < -0.39 is 17.6 Å². The lowest BCUT2D eigenvalue weighted by Crippen LogP contribution is -2.10. The molecule has 0 radical (unpaired) electrons. The molecule has 2 nitrogen and oxygen atoms in total. The molecule has 0 unspecified atom stereocenters. The zero-order valence-corrected chi connectivity index (χ0v) is 10.3. The predicted molar refractivity (Wildman–Crippen MR) is 72.9 cm³/mol. The maximum absolute atomic E-state index is 13.2. The fourth-order valence-corrected chi connectivity index (χ4v) is 2.28. The van der Waals surface area contributed by atoms with Crippen LogP contribution in [0.4, 0.5) is 8.78 Å². The zero-order valence-electron chi connectivity index (χ0n) is 10.3. The number of benzene rings is 2. The van der Waals surface area contributed by atoms with Crippen molar-refractivity contribution in [3.8, 4) is 11.1 Å². The number of hydrogen-bond acceptors (Lipinski definition) is 2. The van der Waals surface area contributed by atoms with Gasteiger partial charge in [-0.1, -0.05) is 48.5 Å². The van der Waals surface area contributed by atoms with E-state index in [0.29, 0.717) is 16.5 Å². The van der Waals surface area contributed by atoms with Gasteiger partial charge in [0.05, 0.1) is 0 Å². The third-order valence-corrected chi connectivity index (χ3v) is 3.13. The average Bonchev–Trinajstić information content (AvgIpc) is 2.46. The minimum Gasteiger partial charge on any atom is -0.422 e. The zero-order chi connectivity index (χ0) is 14.1. The molecule has 0 aliphatic rings. The van der Waals surface area contributed by atoms with Gasteiger partial charge in [-0.25, -0.2) is 13.6 Å². The molecule has 2 aromatic carbocycles. The van der Waals surface area contributed by atoms with Crippen molar-refractivity contribution >= 4 is 11.0 Å². The lowest BCUT2D eigenvalue weighted by molar-refractivity contribution is 0.147. The quantitative estimate of drug-likeness (QED) is 0.647. The molecule has 0 saturated heterocycles. The van der Waals surface area contributed by atoms with Gasteiger partial charge >= 0.3 is 5.63 Å². The Morgan fingerprint density at radius 1 is 0.900 bits per heavy atom. The Morgan fingerprint density at radius 3 is 2.25 bits per heavy atom. The van der Waals surface area contributed by atoms with Crippen LogP contribution >= 0.6 is 0 Å². The molecule has 0 saturated carbocycles. The highest BCUT2D eigenvalue weighted by Gasteiger charge is 2.22. The fraction of sp³-hybridized carbons (Fsp3) is 0.0625. The first-order valence-electron chi connectivity index (χ1n) is 6.08.